The van der Waals surface area contributed by atoms with Crippen molar-refractivity contribution in [2.75, 3.05) is 0 Å². The maximum absolute atomic E-state index is 12.4. The Labute approximate surface area is 226 Å². The lowest BCUT2D eigenvalue weighted by Crippen LogP contribution is -2.65. The van der Waals surface area contributed by atoms with E-state index in [4.69, 9.17) is 9.47 Å². The van der Waals surface area contributed by atoms with Crippen molar-refractivity contribution < 1.29 is 19.1 Å². The molecule has 0 aliphatic heterocycles. The van der Waals surface area contributed by atoms with Gasteiger partial charge in [-0.05, 0) is 91.8 Å². The minimum atomic E-state index is -1.16. The second-order valence-electron chi connectivity index (χ2n) is 14.1. The Balaban J connectivity index is 1.72. The zero-order chi connectivity index (χ0) is 27.2. The summed E-state index contributed by atoms with van der Waals surface area (Å²) in [6.45, 7) is 17.5. The summed E-state index contributed by atoms with van der Waals surface area (Å²) in [4.78, 5) is 24.9. The molecular weight excluding hydrogens is 460 g/mol. The number of carbonyl (C=O) groups is 2. The van der Waals surface area contributed by atoms with Crippen LogP contribution < -0.4 is 0 Å². The zero-order valence-electron chi connectivity index (χ0n) is 25.1. The second-order valence-corrected chi connectivity index (χ2v) is 14.1. The summed E-state index contributed by atoms with van der Waals surface area (Å²) in [5.74, 6) is 1.07. The lowest BCUT2D eigenvalue weighted by atomic mass is 9.41. The molecule has 0 heterocycles. The van der Waals surface area contributed by atoms with Gasteiger partial charge in [0.05, 0.1) is 5.41 Å². The summed E-state index contributed by atoms with van der Waals surface area (Å²) in [5.41, 5.74) is 1.71. The Bertz CT molecular complexity index is 888. The van der Waals surface area contributed by atoms with Crippen LogP contribution >= 0.6 is 0 Å². The van der Waals surface area contributed by atoms with Crippen molar-refractivity contribution in [3.63, 3.8) is 0 Å². The molecule has 4 aliphatic carbocycles. The molecule has 0 N–H and O–H groups in total. The number of esters is 2. The Kier molecular flexibility index (Phi) is 8.02. The Morgan fingerprint density at radius 2 is 1.65 bits per heavy atom. The van der Waals surface area contributed by atoms with Crippen LogP contribution in [0.1, 0.15) is 132 Å². The van der Waals surface area contributed by atoms with E-state index in [1.54, 1.807) is 5.57 Å². The third-order valence-electron chi connectivity index (χ3n) is 12.1. The predicted octanol–water partition coefficient (Wildman–Crippen LogP) is 8.63. The van der Waals surface area contributed by atoms with Gasteiger partial charge < -0.3 is 9.47 Å². The van der Waals surface area contributed by atoms with Gasteiger partial charge in [-0.3, -0.25) is 9.59 Å². The van der Waals surface area contributed by atoms with Crippen molar-refractivity contribution in [1.29, 1.82) is 0 Å². The van der Waals surface area contributed by atoms with Crippen molar-refractivity contribution >= 4 is 11.9 Å². The highest BCUT2D eigenvalue weighted by molar-refractivity contribution is 5.69. The normalized spacial score (nSPS) is 39.2. The van der Waals surface area contributed by atoms with E-state index in [0.29, 0.717) is 17.8 Å². The van der Waals surface area contributed by atoms with Gasteiger partial charge in [-0.15, -0.1) is 0 Å². The van der Waals surface area contributed by atoms with Gasteiger partial charge in [0.15, 0.2) is 0 Å². The smallest absolute Gasteiger partial charge is 0.305 e. The molecule has 0 aromatic heterocycles. The highest BCUT2D eigenvalue weighted by Gasteiger charge is 2.70. The number of carbonyl (C=O) groups excluding carboxylic acids is 2. The van der Waals surface area contributed by atoms with Crippen LogP contribution in [0.4, 0.5) is 0 Å². The number of rotatable bonds is 8. The average Bonchev–Trinajstić information content (AvgIpc) is 3.12. The van der Waals surface area contributed by atoms with Gasteiger partial charge in [0.2, 0.25) is 0 Å². The van der Waals surface area contributed by atoms with E-state index in [-0.39, 0.29) is 23.3 Å². The van der Waals surface area contributed by atoms with Crippen molar-refractivity contribution in [3.8, 4) is 0 Å². The second kappa shape index (κ2) is 10.3. The van der Waals surface area contributed by atoms with Crippen LogP contribution in [0.15, 0.2) is 11.6 Å². The Morgan fingerprint density at radius 3 is 2.24 bits per heavy atom. The number of hydrogen-bond acceptors (Lipinski definition) is 4. The van der Waals surface area contributed by atoms with Crippen LogP contribution in [0, 0.1) is 45.8 Å². The molecule has 3 fully saturated rings. The summed E-state index contributed by atoms with van der Waals surface area (Å²) in [5, 5.41) is 0. The molecule has 7 atom stereocenters. The van der Waals surface area contributed by atoms with Gasteiger partial charge in [0.1, 0.15) is 0 Å². The van der Waals surface area contributed by atoms with Crippen molar-refractivity contribution in [2.24, 2.45) is 45.8 Å². The van der Waals surface area contributed by atoms with E-state index in [2.05, 4.69) is 47.6 Å². The molecule has 4 rings (SSSR count). The van der Waals surface area contributed by atoms with E-state index in [1.807, 2.05) is 0 Å². The summed E-state index contributed by atoms with van der Waals surface area (Å²) >= 11 is 0. The van der Waals surface area contributed by atoms with Gasteiger partial charge in [0.25, 0.3) is 5.79 Å². The maximum atomic E-state index is 12.4. The van der Waals surface area contributed by atoms with Crippen LogP contribution in [0.5, 0.6) is 0 Å². The molecule has 0 saturated heterocycles. The summed E-state index contributed by atoms with van der Waals surface area (Å²) in [7, 11) is 0. The van der Waals surface area contributed by atoms with E-state index >= 15 is 0 Å². The van der Waals surface area contributed by atoms with Crippen LogP contribution in [0.3, 0.4) is 0 Å². The third-order valence-corrected chi connectivity index (χ3v) is 12.1. The lowest BCUT2D eigenvalue weighted by molar-refractivity contribution is -0.307. The molecule has 0 amide bonds. The molecule has 37 heavy (non-hydrogen) atoms. The minimum Gasteiger partial charge on any atom is -0.422 e. The molecule has 0 aromatic carbocycles. The largest absolute Gasteiger partial charge is 0.422 e. The molecule has 0 unspecified atom stereocenters. The topological polar surface area (TPSA) is 52.6 Å². The molecule has 0 radical (unpaired) electrons. The molecule has 210 valence electrons. The SMILES string of the molecule is CC[C@@]12CC[C@H]([C@H](C)CCCC(C)C)[C@@]1(C)CC[C@H]1C2=CC[C@H]2CCCC(OC(C)=O)(OC(C)=O)[C@@]21C. The van der Waals surface area contributed by atoms with Gasteiger partial charge in [-0.25, -0.2) is 0 Å². The van der Waals surface area contributed by atoms with Crippen LogP contribution in [0.25, 0.3) is 0 Å². The van der Waals surface area contributed by atoms with Gasteiger partial charge in [0, 0.05) is 20.3 Å². The highest BCUT2D eigenvalue weighted by Crippen LogP contribution is 2.74. The molecule has 0 bridgehead atoms. The van der Waals surface area contributed by atoms with E-state index in [9.17, 15) is 9.59 Å². The van der Waals surface area contributed by atoms with Gasteiger partial charge >= 0.3 is 11.9 Å². The standard InChI is InChI=1S/C33H54O4/c1-9-32-21-18-27(23(4)13-10-12-22(2)3)30(32,7)20-17-28-29(32)16-15-26-14-11-19-33(31(26,28)8,36-24(5)34)37-25(6)35/h16,22-23,26-28H,9-15,17-21H2,1-8H3/t23-,26-,27-,28+,30-,31+,32+/m1/s1. The van der Waals surface area contributed by atoms with E-state index in [0.717, 1.165) is 49.9 Å². The summed E-state index contributed by atoms with van der Waals surface area (Å²) in [6, 6.07) is 0. The first-order chi connectivity index (χ1) is 17.4. The number of allylic oxidation sites excluding steroid dienone is 2. The predicted molar refractivity (Wildman–Crippen MR) is 149 cm³/mol. The molecule has 0 spiro atoms. The van der Waals surface area contributed by atoms with Crippen LogP contribution in [-0.4, -0.2) is 17.7 Å². The van der Waals surface area contributed by atoms with Gasteiger partial charge in [-0.1, -0.05) is 72.5 Å². The first-order valence-corrected chi connectivity index (χ1v) is 15.5. The lowest BCUT2D eigenvalue weighted by Gasteiger charge is -2.65. The zero-order valence-corrected chi connectivity index (χ0v) is 25.1. The number of ether oxygens (including phenoxy) is 2. The summed E-state index contributed by atoms with van der Waals surface area (Å²) < 4.78 is 12.3. The highest BCUT2D eigenvalue weighted by atomic mass is 16.7. The van der Waals surface area contributed by atoms with Crippen molar-refractivity contribution in [2.45, 2.75) is 138 Å². The van der Waals surface area contributed by atoms with E-state index in [1.165, 1.54) is 52.4 Å². The quantitative estimate of drug-likeness (QED) is 0.185. The minimum absolute atomic E-state index is 0.191. The van der Waals surface area contributed by atoms with Crippen LogP contribution in [-0.2, 0) is 19.1 Å². The van der Waals surface area contributed by atoms with Crippen molar-refractivity contribution in [3.05, 3.63) is 11.6 Å². The number of hydrogen-bond donors (Lipinski definition) is 0. The molecule has 4 nitrogen and oxygen atoms in total. The average molecular weight is 515 g/mol. The van der Waals surface area contributed by atoms with Crippen LogP contribution in [0.2, 0.25) is 0 Å². The Morgan fingerprint density at radius 1 is 0.973 bits per heavy atom. The Hall–Kier alpha value is -1.32. The fraction of sp³-hybridized carbons (Fsp3) is 0.879. The fourth-order valence-electron chi connectivity index (χ4n) is 10.4. The maximum Gasteiger partial charge on any atom is 0.305 e. The molecular formula is C33H54O4. The monoisotopic (exact) mass is 514 g/mol. The molecule has 0 aromatic rings. The molecule has 3 saturated carbocycles. The van der Waals surface area contributed by atoms with Gasteiger partial charge in [-0.2, -0.15) is 0 Å². The first-order valence-electron chi connectivity index (χ1n) is 15.5. The van der Waals surface area contributed by atoms with Crippen molar-refractivity contribution in [1.82, 2.24) is 0 Å². The molecule has 4 aliphatic rings. The first kappa shape index (κ1) is 28.7. The number of fused-ring (bicyclic) bond motifs is 5. The summed E-state index contributed by atoms with van der Waals surface area (Å²) in [6.07, 6.45) is 16.3. The third kappa shape index (κ3) is 4.41. The molecule has 4 heteroatoms. The fourth-order valence-corrected chi connectivity index (χ4v) is 10.4. The van der Waals surface area contributed by atoms with E-state index < -0.39 is 11.2 Å².